The van der Waals surface area contributed by atoms with E-state index >= 15 is 0 Å². The van der Waals surface area contributed by atoms with E-state index in [9.17, 15) is 9.59 Å². The Kier molecular flexibility index (Phi) is 7.83. The summed E-state index contributed by atoms with van der Waals surface area (Å²) in [7, 11) is 0. The minimum absolute atomic E-state index is 0.0381. The Morgan fingerprint density at radius 3 is 2.29 bits per heavy atom. The van der Waals surface area contributed by atoms with E-state index in [0.29, 0.717) is 19.6 Å². The first-order chi connectivity index (χ1) is 6.66. The zero-order chi connectivity index (χ0) is 10.8. The standard InChI is InChI=1S/C9H19N3O2/c1-3-4-10-7-9(14)12-6-5-11-8(2)13/h10H,3-7H2,1-2H3,(H,11,13)(H,12,14). The molecule has 5 nitrogen and oxygen atoms in total. The Bertz CT molecular complexity index is 183. The summed E-state index contributed by atoms with van der Waals surface area (Å²) in [6, 6.07) is 0. The van der Waals surface area contributed by atoms with Gasteiger partial charge in [0.2, 0.25) is 11.8 Å². The molecule has 0 rings (SSSR count). The number of carbonyl (C=O) groups is 2. The van der Waals surface area contributed by atoms with Crippen LogP contribution in [0.3, 0.4) is 0 Å². The molecule has 0 bridgehead atoms. The van der Waals surface area contributed by atoms with E-state index in [2.05, 4.69) is 16.0 Å². The molecule has 0 saturated heterocycles. The van der Waals surface area contributed by atoms with Crippen molar-refractivity contribution in [3.8, 4) is 0 Å². The second-order valence-electron chi connectivity index (χ2n) is 3.01. The van der Waals surface area contributed by atoms with E-state index in [1.54, 1.807) is 0 Å². The molecular formula is C9H19N3O2. The van der Waals surface area contributed by atoms with Crippen LogP contribution in [0, 0.1) is 0 Å². The van der Waals surface area contributed by atoms with E-state index in [0.717, 1.165) is 13.0 Å². The summed E-state index contributed by atoms with van der Waals surface area (Å²) in [5.41, 5.74) is 0. The maximum atomic E-state index is 11.1. The van der Waals surface area contributed by atoms with Gasteiger partial charge in [-0.15, -0.1) is 0 Å². The molecule has 5 heteroatoms. The molecule has 0 aromatic carbocycles. The van der Waals surface area contributed by atoms with Gasteiger partial charge in [0, 0.05) is 20.0 Å². The molecule has 14 heavy (non-hydrogen) atoms. The first-order valence-corrected chi connectivity index (χ1v) is 4.88. The molecule has 0 heterocycles. The quantitative estimate of drug-likeness (QED) is 0.474. The highest BCUT2D eigenvalue weighted by molar-refractivity contribution is 5.78. The average molecular weight is 201 g/mol. The van der Waals surface area contributed by atoms with Crippen LogP contribution in [0.1, 0.15) is 20.3 Å². The van der Waals surface area contributed by atoms with Crippen LogP contribution in [-0.2, 0) is 9.59 Å². The van der Waals surface area contributed by atoms with Crippen molar-refractivity contribution in [3.63, 3.8) is 0 Å². The Morgan fingerprint density at radius 2 is 1.71 bits per heavy atom. The molecule has 0 radical (unpaired) electrons. The number of carbonyl (C=O) groups excluding carboxylic acids is 2. The Hall–Kier alpha value is -1.10. The van der Waals surface area contributed by atoms with Crippen LogP contribution in [0.15, 0.2) is 0 Å². The maximum absolute atomic E-state index is 11.1. The second-order valence-corrected chi connectivity index (χ2v) is 3.01. The highest BCUT2D eigenvalue weighted by Crippen LogP contribution is 1.70. The van der Waals surface area contributed by atoms with Crippen LogP contribution in [0.25, 0.3) is 0 Å². The molecule has 0 aliphatic heterocycles. The lowest BCUT2D eigenvalue weighted by atomic mass is 10.4. The third-order valence-corrected chi connectivity index (χ3v) is 1.53. The number of hydrogen-bond donors (Lipinski definition) is 3. The van der Waals surface area contributed by atoms with Gasteiger partial charge in [0.25, 0.3) is 0 Å². The van der Waals surface area contributed by atoms with Crippen LogP contribution in [0.2, 0.25) is 0 Å². The van der Waals surface area contributed by atoms with Crippen LogP contribution in [0.4, 0.5) is 0 Å². The largest absolute Gasteiger partial charge is 0.355 e. The van der Waals surface area contributed by atoms with Gasteiger partial charge in [0.15, 0.2) is 0 Å². The van der Waals surface area contributed by atoms with E-state index in [1.165, 1.54) is 6.92 Å². The second kappa shape index (κ2) is 8.50. The molecule has 3 N–H and O–H groups in total. The first kappa shape index (κ1) is 12.9. The normalized spacial score (nSPS) is 9.57. The molecule has 0 atom stereocenters. The average Bonchev–Trinajstić information content (AvgIpc) is 2.13. The van der Waals surface area contributed by atoms with Crippen molar-refractivity contribution in [2.75, 3.05) is 26.2 Å². The summed E-state index contributed by atoms with van der Waals surface area (Å²) in [6.45, 7) is 5.64. The molecule has 0 spiro atoms. The van der Waals surface area contributed by atoms with Crippen LogP contribution in [-0.4, -0.2) is 38.0 Å². The number of hydrogen-bond acceptors (Lipinski definition) is 3. The van der Waals surface area contributed by atoms with Gasteiger partial charge in [-0.25, -0.2) is 0 Å². The highest BCUT2D eigenvalue weighted by Gasteiger charge is 1.98. The smallest absolute Gasteiger partial charge is 0.234 e. The number of rotatable bonds is 7. The van der Waals surface area contributed by atoms with Crippen LogP contribution in [0.5, 0.6) is 0 Å². The van der Waals surface area contributed by atoms with E-state index in [1.807, 2.05) is 6.92 Å². The van der Waals surface area contributed by atoms with E-state index in [4.69, 9.17) is 0 Å². The monoisotopic (exact) mass is 201 g/mol. The van der Waals surface area contributed by atoms with Crippen molar-refractivity contribution in [2.45, 2.75) is 20.3 Å². The third kappa shape index (κ3) is 8.99. The molecule has 2 amide bonds. The van der Waals surface area contributed by atoms with Gasteiger partial charge in [0.05, 0.1) is 6.54 Å². The molecule has 0 unspecified atom stereocenters. The minimum atomic E-state index is -0.0802. The van der Waals surface area contributed by atoms with Crippen molar-refractivity contribution in [1.82, 2.24) is 16.0 Å². The predicted octanol–water partition coefficient (Wildman–Crippen LogP) is -0.762. The Labute approximate surface area is 84.6 Å². The van der Waals surface area contributed by atoms with E-state index < -0.39 is 0 Å². The summed E-state index contributed by atoms with van der Waals surface area (Å²) < 4.78 is 0. The fraction of sp³-hybridized carbons (Fsp3) is 0.778. The van der Waals surface area contributed by atoms with Gasteiger partial charge < -0.3 is 16.0 Å². The summed E-state index contributed by atoms with van der Waals surface area (Å²) in [4.78, 5) is 21.5. The fourth-order valence-electron chi connectivity index (χ4n) is 0.882. The summed E-state index contributed by atoms with van der Waals surface area (Å²) in [6.07, 6.45) is 1.01. The number of nitrogens with one attached hydrogen (secondary N) is 3. The third-order valence-electron chi connectivity index (χ3n) is 1.53. The molecule has 0 aliphatic carbocycles. The zero-order valence-electron chi connectivity index (χ0n) is 8.85. The van der Waals surface area contributed by atoms with Crippen molar-refractivity contribution in [3.05, 3.63) is 0 Å². The molecule has 82 valence electrons. The lowest BCUT2D eigenvalue weighted by Gasteiger charge is -2.06. The SMILES string of the molecule is CCCNCC(=O)NCCNC(C)=O. The molecule has 0 aromatic rings. The molecule has 0 aliphatic rings. The summed E-state index contributed by atoms with van der Waals surface area (Å²) >= 11 is 0. The minimum Gasteiger partial charge on any atom is -0.355 e. The van der Waals surface area contributed by atoms with E-state index in [-0.39, 0.29) is 11.8 Å². The lowest BCUT2D eigenvalue weighted by molar-refractivity contribution is -0.121. The van der Waals surface area contributed by atoms with Gasteiger partial charge in [-0.05, 0) is 13.0 Å². The maximum Gasteiger partial charge on any atom is 0.234 e. The summed E-state index contributed by atoms with van der Waals surface area (Å²) in [5, 5.41) is 8.26. The first-order valence-electron chi connectivity index (χ1n) is 4.88. The molecular weight excluding hydrogens is 182 g/mol. The Morgan fingerprint density at radius 1 is 1.07 bits per heavy atom. The van der Waals surface area contributed by atoms with Crippen LogP contribution < -0.4 is 16.0 Å². The fourth-order valence-corrected chi connectivity index (χ4v) is 0.882. The molecule has 0 saturated carbocycles. The van der Waals surface area contributed by atoms with Gasteiger partial charge in [-0.1, -0.05) is 6.92 Å². The van der Waals surface area contributed by atoms with Crippen molar-refractivity contribution in [1.29, 1.82) is 0 Å². The van der Waals surface area contributed by atoms with Gasteiger partial charge in [-0.2, -0.15) is 0 Å². The van der Waals surface area contributed by atoms with Gasteiger partial charge in [0.1, 0.15) is 0 Å². The van der Waals surface area contributed by atoms with Gasteiger partial charge in [-0.3, -0.25) is 9.59 Å². The Balaban J connectivity index is 3.22. The zero-order valence-corrected chi connectivity index (χ0v) is 8.85. The molecule has 0 fully saturated rings. The lowest BCUT2D eigenvalue weighted by Crippen LogP contribution is -2.38. The topological polar surface area (TPSA) is 70.2 Å². The van der Waals surface area contributed by atoms with Crippen molar-refractivity contribution in [2.24, 2.45) is 0 Å². The predicted molar refractivity (Wildman–Crippen MR) is 54.9 cm³/mol. The summed E-state index contributed by atoms with van der Waals surface area (Å²) in [5.74, 6) is -0.118. The van der Waals surface area contributed by atoms with Crippen molar-refractivity contribution < 1.29 is 9.59 Å². The van der Waals surface area contributed by atoms with Crippen LogP contribution >= 0.6 is 0 Å². The number of amides is 2. The molecule has 0 aromatic heterocycles. The highest BCUT2D eigenvalue weighted by atomic mass is 16.2. The van der Waals surface area contributed by atoms with Gasteiger partial charge >= 0.3 is 0 Å². The van der Waals surface area contributed by atoms with Crippen molar-refractivity contribution >= 4 is 11.8 Å².